The Kier molecular flexibility index (Phi) is 2.09. The molecule has 0 unspecified atom stereocenters. The van der Waals surface area contributed by atoms with E-state index in [9.17, 15) is 0 Å². The summed E-state index contributed by atoms with van der Waals surface area (Å²) < 4.78 is 2.12. The van der Waals surface area contributed by atoms with Crippen LogP contribution in [0.25, 0.3) is 0 Å². The number of rotatable bonds is 1. The lowest BCUT2D eigenvalue weighted by molar-refractivity contribution is 0.621. The minimum atomic E-state index is 0.671. The molecule has 12 heavy (non-hydrogen) atoms. The highest BCUT2D eigenvalue weighted by Crippen LogP contribution is 2.24. The number of hydrogen-bond donors (Lipinski definition) is 0. The van der Waals surface area contributed by atoms with Crippen LogP contribution in [-0.4, -0.2) is 9.55 Å². The summed E-state index contributed by atoms with van der Waals surface area (Å²) in [5.74, 6) is 0. The van der Waals surface area contributed by atoms with Gasteiger partial charge in [0.1, 0.15) is 0 Å². The number of halogens is 1. The highest BCUT2D eigenvalue weighted by atomic mass is 35.5. The predicted octanol–water partition coefficient (Wildman–Crippen LogP) is 2.44. The smallest absolute Gasteiger partial charge is 0.203 e. The highest BCUT2D eigenvalue weighted by molar-refractivity contribution is 6.28. The molecule has 0 N–H and O–H groups in total. The van der Waals surface area contributed by atoms with Gasteiger partial charge in [-0.05, 0) is 44.2 Å². The third kappa shape index (κ3) is 1.14. The summed E-state index contributed by atoms with van der Waals surface area (Å²) >= 11 is 5.99. The highest BCUT2D eigenvalue weighted by Gasteiger charge is 2.17. The van der Waals surface area contributed by atoms with Crippen molar-refractivity contribution in [2.75, 3.05) is 0 Å². The Hall–Kier alpha value is -0.500. The molecule has 2 nitrogen and oxygen atoms in total. The Morgan fingerprint density at radius 1 is 1.42 bits per heavy atom. The van der Waals surface area contributed by atoms with Crippen molar-refractivity contribution in [2.45, 2.75) is 39.2 Å². The number of hydrogen-bond acceptors (Lipinski definition) is 1. The first-order valence-corrected chi connectivity index (χ1v) is 4.94. The van der Waals surface area contributed by atoms with Crippen molar-refractivity contribution in [2.24, 2.45) is 0 Å². The van der Waals surface area contributed by atoms with Gasteiger partial charge in [0.05, 0.1) is 5.69 Å². The summed E-state index contributed by atoms with van der Waals surface area (Å²) in [5.41, 5.74) is 2.60. The van der Waals surface area contributed by atoms with Crippen LogP contribution in [0.5, 0.6) is 0 Å². The van der Waals surface area contributed by atoms with Gasteiger partial charge in [-0.3, -0.25) is 0 Å². The second-order valence-electron chi connectivity index (χ2n) is 3.23. The van der Waals surface area contributed by atoms with Crippen LogP contribution in [0.3, 0.4) is 0 Å². The molecule has 0 amide bonds. The lowest BCUT2D eigenvalue weighted by Crippen LogP contribution is -2.07. The van der Waals surface area contributed by atoms with Crippen LogP contribution in [0.2, 0.25) is 5.28 Å². The first-order chi connectivity index (χ1) is 5.83. The van der Waals surface area contributed by atoms with Crippen molar-refractivity contribution in [3.8, 4) is 0 Å². The van der Waals surface area contributed by atoms with Gasteiger partial charge < -0.3 is 4.57 Å². The summed E-state index contributed by atoms with van der Waals surface area (Å²) in [7, 11) is 0. The molecule has 0 atom stereocenters. The zero-order valence-electron chi connectivity index (χ0n) is 7.31. The van der Waals surface area contributed by atoms with E-state index in [1.165, 1.54) is 24.2 Å². The average molecular weight is 185 g/mol. The van der Waals surface area contributed by atoms with Crippen molar-refractivity contribution in [1.82, 2.24) is 9.55 Å². The molecular weight excluding hydrogens is 172 g/mol. The summed E-state index contributed by atoms with van der Waals surface area (Å²) in [6, 6.07) is 0. The van der Waals surface area contributed by atoms with Crippen LogP contribution in [-0.2, 0) is 19.4 Å². The molecule has 66 valence electrons. The molecule has 3 heteroatoms. The SMILES string of the molecule is CCn1c(Cl)nc2c1CCCC2. The van der Waals surface area contributed by atoms with Crippen LogP contribution < -0.4 is 0 Å². The molecule has 0 aromatic carbocycles. The predicted molar refractivity (Wildman–Crippen MR) is 49.6 cm³/mol. The van der Waals surface area contributed by atoms with Crippen LogP contribution >= 0.6 is 11.6 Å². The molecule has 0 saturated carbocycles. The second kappa shape index (κ2) is 3.09. The van der Waals surface area contributed by atoms with Crippen LogP contribution in [0, 0.1) is 0 Å². The van der Waals surface area contributed by atoms with E-state index in [0.717, 1.165) is 19.4 Å². The minimum absolute atomic E-state index is 0.671. The molecule has 0 bridgehead atoms. The monoisotopic (exact) mass is 184 g/mol. The molecule has 1 aliphatic carbocycles. The zero-order valence-corrected chi connectivity index (χ0v) is 8.06. The van der Waals surface area contributed by atoms with Gasteiger partial charge in [0, 0.05) is 12.2 Å². The van der Waals surface area contributed by atoms with E-state index >= 15 is 0 Å². The van der Waals surface area contributed by atoms with Crippen molar-refractivity contribution >= 4 is 11.6 Å². The Labute approximate surface area is 77.6 Å². The van der Waals surface area contributed by atoms with Gasteiger partial charge in [-0.25, -0.2) is 4.98 Å². The van der Waals surface area contributed by atoms with Gasteiger partial charge >= 0.3 is 0 Å². The van der Waals surface area contributed by atoms with Gasteiger partial charge in [-0.1, -0.05) is 0 Å². The summed E-state index contributed by atoms with van der Waals surface area (Å²) in [4.78, 5) is 4.35. The molecule has 0 fully saturated rings. The van der Waals surface area contributed by atoms with E-state index in [1.807, 2.05) is 0 Å². The fourth-order valence-corrected chi connectivity index (χ4v) is 2.21. The molecule has 0 saturated heterocycles. The van der Waals surface area contributed by atoms with Gasteiger partial charge in [-0.15, -0.1) is 0 Å². The average Bonchev–Trinajstić information content (AvgIpc) is 2.40. The molecule has 0 spiro atoms. The van der Waals surface area contributed by atoms with Crippen LogP contribution in [0.4, 0.5) is 0 Å². The van der Waals surface area contributed by atoms with E-state index < -0.39 is 0 Å². The van der Waals surface area contributed by atoms with Crippen LogP contribution in [0.1, 0.15) is 31.2 Å². The maximum Gasteiger partial charge on any atom is 0.203 e. The minimum Gasteiger partial charge on any atom is -0.319 e. The topological polar surface area (TPSA) is 17.8 Å². The number of fused-ring (bicyclic) bond motifs is 1. The fourth-order valence-electron chi connectivity index (χ4n) is 1.89. The number of imidazole rings is 1. The summed E-state index contributed by atoms with van der Waals surface area (Å²) in [6.45, 7) is 3.06. The lowest BCUT2D eigenvalue weighted by Gasteiger charge is -2.12. The van der Waals surface area contributed by atoms with Crippen molar-refractivity contribution in [3.63, 3.8) is 0 Å². The van der Waals surface area contributed by atoms with Crippen molar-refractivity contribution in [1.29, 1.82) is 0 Å². The first-order valence-electron chi connectivity index (χ1n) is 4.56. The lowest BCUT2D eigenvalue weighted by atomic mass is 10.0. The Balaban J connectivity index is 2.46. The number of nitrogens with zero attached hydrogens (tertiary/aromatic N) is 2. The Bertz CT molecular complexity index is 291. The zero-order chi connectivity index (χ0) is 8.55. The maximum atomic E-state index is 5.99. The molecule has 1 aromatic rings. The van der Waals surface area contributed by atoms with E-state index in [4.69, 9.17) is 11.6 Å². The van der Waals surface area contributed by atoms with E-state index in [-0.39, 0.29) is 0 Å². The van der Waals surface area contributed by atoms with Gasteiger partial charge in [0.2, 0.25) is 5.28 Å². The van der Waals surface area contributed by atoms with Crippen LogP contribution in [0.15, 0.2) is 0 Å². The molecule has 0 aliphatic heterocycles. The third-order valence-corrected chi connectivity index (χ3v) is 2.79. The second-order valence-corrected chi connectivity index (χ2v) is 3.56. The maximum absolute atomic E-state index is 5.99. The quantitative estimate of drug-likeness (QED) is 0.656. The molecule has 1 aliphatic rings. The van der Waals surface area contributed by atoms with Gasteiger partial charge in [0.15, 0.2) is 0 Å². The first kappa shape index (κ1) is 8.11. The number of aromatic nitrogens is 2. The van der Waals surface area contributed by atoms with Crippen molar-refractivity contribution < 1.29 is 0 Å². The standard InChI is InChI=1S/C9H13ClN2/c1-2-12-8-6-4-3-5-7(8)11-9(12)10/h2-6H2,1H3. The molecule has 1 heterocycles. The molecule has 2 rings (SSSR count). The molecule has 0 radical (unpaired) electrons. The molecule has 1 aromatic heterocycles. The van der Waals surface area contributed by atoms with Gasteiger partial charge in [-0.2, -0.15) is 0 Å². The van der Waals surface area contributed by atoms with E-state index in [0.29, 0.717) is 5.28 Å². The summed E-state index contributed by atoms with van der Waals surface area (Å²) in [5, 5.41) is 0.671. The number of aryl methyl sites for hydroxylation is 1. The molecular formula is C9H13ClN2. The van der Waals surface area contributed by atoms with E-state index in [2.05, 4.69) is 16.5 Å². The summed E-state index contributed by atoms with van der Waals surface area (Å²) in [6.07, 6.45) is 4.82. The largest absolute Gasteiger partial charge is 0.319 e. The third-order valence-electron chi connectivity index (χ3n) is 2.50. The normalized spacial score (nSPS) is 16.2. The Morgan fingerprint density at radius 3 is 2.92 bits per heavy atom. The fraction of sp³-hybridized carbons (Fsp3) is 0.667. The Morgan fingerprint density at radius 2 is 2.17 bits per heavy atom. The van der Waals surface area contributed by atoms with Gasteiger partial charge in [0.25, 0.3) is 0 Å². The van der Waals surface area contributed by atoms with Crippen molar-refractivity contribution in [3.05, 3.63) is 16.7 Å². The van der Waals surface area contributed by atoms with E-state index in [1.54, 1.807) is 0 Å².